The molecule has 0 aliphatic carbocycles. The molecule has 1 heterocycles. The van der Waals surface area contributed by atoms with E-state index in [1.165, 1.54) is 6.92 Å². The average Bonchev–Trinajstić information content (AvgIpc) is 2.34. The predicted molar refractivity (Wildman–Crippen MR) is 66.7 cm³/mol. The molecule has 5 nitrogen and oxygen atoms in total. The molecule has 0 atom stereocenters. The molecule has 5 heteroatoms. The lowest BCUT2D eigenvalue weighted by molar-refractivity contribution is -0.118. The van der Waals surface area contributed by atoms with Crippen LogP contribution in [-0.4, -0.2) is 29.2 Å². The fourth-order valence-corrected chi connectivity index (χ4v) is 1.58. The number of carbonyl (C=O) groups is 1. The number of nitrogens with one attached hydrogen (secondary N) is 2. The highest BCUT2D eigenvalue weighted by Gasteiger charge is 2.01. The van der Waals surface area contributed by atoms with Crippen LogP contribution in [-0.2, 0) is 4.79 Å². The van der Waals surface area contributed by atoms with Gasteiger partial charge in [0.2, 0.25) is 5.91 Å². The minimum atomic E-state index is -0.0317. The van der Waals surface area contributed by atoms with Crippen molar-refractivity contribution < 1.29 is 4.79 Å². The number of rotatable bonds is 4. The molecule has 17 heavy (non-hydrogen) atoms. The highest BCUT2D eigenvalue weighted by Crippen LogP contribution is 2.18. The number of hydrogen-bond acceptors (Lipinski definition) is 4. The van der Waals surface area contributed by atoms with Crippen LogP contribution in [0.4, 0.5) is 5.82 Å². The van der Waals surface area contributed by atoms with E-state index in [1.807, 2.05) is 24.3 Å². The quantitative estimate of drug-likeness (QED) is 0.774. The van der Waals surface area contributed by atoms with Gasteiger partial charge >= 0.3 is 0 Å². The molecule has 1 aromatic heterocycles. The first-order chi connectivity index (χ1) is 8.27. The second-order valence-corrected chi connectivity index (χ2v) is 3.69. The molecular formula is C12H14N4O. The molecule has 88 valence electrons. The fraction of sp³-hybridized carbons (Fsp3) is 0.250. The lowest BCUT2D eigenvalue weighted by Gasteiger charge is -2.07. The summed E-state index contributed by atoms with van der Waals surface area (Å²) in [5.41, 5.74) is 0. The van der Waals surface area contributed by atoms with Crippen molar-refractivity contribution in [2.75, 3.05) is 18.4 Å². The van der Waals surface area contributed by atoms with Gasteiger partial charge in [-0.1, -0.05) is 24.3 Å². The van der Waals surface area contributed by atoms with Gasteiger partial charge in [0.1, 0.15) is 0 Å². The van der Waals surface area contributed by atoms with Crippen molar-refractivity contribution >= 4 is 22.5 Å². The lowest BCUT2D eigenvalue weighted by Crippen LogP contribution is -2.26. The summed E-state index contributed by atoms with van der Waals surface area (Å²) in [6.45, 7) is 2.69. The summed E-state index contributed by atoms with van der Waals surface area (Å²) in [7, 11) is 0. The van der Waals surface area contributed by atoms with Crippen LogP contribution < -0.4 is 10.6 Å². The molecule has 0 fully saturated rings. The number of fused-ring (bicyclic) bond motifs is 1. The number of carbonyl (C=O) groups excluding carboxylic acids is 1. The summed E-state index contributed by atoms with van der Waals surface area (Å²) in [6.07, 6.45) is 1.73. The van der Waals surface area contributed by atoms with E-state index in [2.05, 4.69) is 20.8 Å². The molecule has 0 radical (unpaired) electrons. The van der Waals surface area contributed by atoms with Gasteiger partial charge in [0.05, 0.1) is 6.20 Å². The second-order valence-electron chi connectivity index (χ2n) is 3.69. The lowest BCUT2D eigenvalue weighted by atomic mass is 10.2. The minimum Gasteiger partial charge on any atom is -0.366 e. The van der Waals surface area contributed by atoms with E-state index in [0.717, 1.165) is 16.6 Å². The maximum atomic E-state index is 10.7. The monoisotopic (exact) mass is 230 g/mol. The maximum absolute atomic E-state index is 10.7. The van der Waals surface area contributed by atoms with Gasteiger partial charge in [-0.3, -0.25) is 4.79 Å². The Morgan fingerprint density at radius 1 is 1.29 bits per heavy atom. The summed E-state index contributed by atoms with van der Waals surface area (Å²) in [6, 6.07) is 7.90. The Hall–Kier alpha value is -2.17. The number of hydrogen-bond donors (Lipinski definition) is 2. The molecule has 2 N–H and O–H groups in total. The summed E-state index contributed by atoms with van der Waals surface area (Å²) < 4.78 is 0. The number of benzene rings is 1. The van der Waals surface area contributed by atoms with Crippen LogP contribution in [0.1, 0.15) is 6.92 Å². The van der Waals surface area contributed by atoms with Gasteiger partial charge in [0.15, 0.2) is 5.82 Å². The van der Waals surface area contributed by atoms with Crippen LogP contribution >= 0.6 is 0 Å². The Labute approximate surface area is 99.2 Å². The Balaban J connectivity index is 2.05. The van der Waals surface area contributed by atoms with Crippen LogP contribution in [0.3, 0.4) is 0 Å². The van der Waals surface area contributed by atoms with Crippen molar-refractivity contribution in [1.82, 2.24) is 15.5 Å². The van der Waals surface area contributed by atoms with Gasteiger partial charge in [-0.15, -0.1) is 5.10 Å². The molecule has 0 unspecified atom stereocenters. The van der Waals surface area contributed by atoms with Crippen molar-refractivity contribution in [2.24, 2.45) is 0 Å². The molecule has 1 amide bonds. The molecule has 1 aromatic carbocycles. The molecule has 0 saturated heterocycles. The number of aromatic nitrogens is 2. The van der Waals surface area contributed by atoms with E-state index in [4.69, 9.17) is 0 Å². The van der Waals surface area contributed by atoms with Crippen LogP contribution in [0.15, 0.2) is 30.5 Å². The van der Waals surface area contributed by atoms with E-state index < -0.39 is 0 Å². The van der Waals surface area contributed by atoms with Crippen LogP contribution in [0, 0.1) is 0 Å². The highest BCUT2D eigenvalue weighted by atomic mass is 16.1. The van der Waals surface area contributed by atoms with E-state index in [0.29, 0.717) is 13.1 Å². The SMILES string of the molecule is CC(=O)NCCNc1nncc2ccccc12. The van der Waals surface area contributed by atoms with Crippen molar-refractivity contribution in [3.05, 3.63) is 30.5 Å². The Morgan fingerprint density at radius 3 is 2.94 bits per heavy atom. The summed E-state index contributed by atoms with van der Waals surface area (Å²) in [4.78, 5) is 10.7. The number of anilines is 1. The minimum absolute atomic E-state index is 0.0317. The molecule has 2 rings (SSSR count). The van der Waals surface area contributed by atoms with Crippen molar-refractivity contribution in [3.8, 4) is 0 Å². The largest absolute Gasteiger partial charge is 0.366 e. The topological polar surface area (TPSA) is 66.9 Å². The van der Waals surface area contributed by atoms with Gasteiger partial charge in [0, 0.05) is 30.8 Å². The smallest absolute Gasteiger partial charge is 0.216 e. The molecule has 0 aliphatic rings. The second kappa shape index (κ2) is 5.25. The number of nitrogens with zero attached hydrogens (tertiary/aromatic N) is 2. The standard InChI is InChI=1S/C12H14N4O/c1-9(17)13-6-7-14-12-11-5-3-2-4-10(11)8-15-16-12/h2-5,8H,6-7H2,1H3,(H,13,17)(H,14,16). The van der Waals surface area contributed by atoms with Gasteiger partial charge in [-0.2, -0.15) is 5.10 Å². The maximum Gasteiger partial charge on any atom is 0.216 e. The molecule has 0 aliphatic heterocycles. The molecule has 0 bridgehead atoms. The first-order valence-electron chi connectivity index (χ1n) is 5.46. The predicted octanol–water partition coefficient (Wildman–Crippen LogP) is 1.18. The van der Waals surface area contributed by atoms with Crippen LogP contribution in [0.25, 0.3) is 10.8 Å². The first kappa shape index (κ1) is 11.3. The van der Waals surface area contributed by atoms with Crippen molar-refractivity contribution in [3.63, 3.8) is 0 Å². The molecule has 0 spiro atoms. The van der Waals surface area contributed by atoms with E-state index >= 15 is 0 Å². The Kier molecular flexibility index (Phi) is 3.49. The highest BCUT2D eigenvalue weighted by molar-refractivity contribution is 5.90. The average molecular weight is 230 g/mol. The first-order valence-corrected chi connectivity index (χ1v) is 5.46. The fourth-order valence-electron chi connectivity index (χ4n) is 1.58. The molecular weight excluding hydrogens is 216 g/mol. The Morgan fingerprint density at radius 2 is 2.12 bits per heavy atom. The zero-order valence-corrected chi connectivity index (χ0v) is 9.60. The van der Waals surface area contributed by atoms with Crippen molar-refractivity contribution in [1.29, 1.82) is 0 Å². The molecule has 0 saturated carbocycles. The summed E-state index contributed by atoms with van der Waals surface area (Å²) in [5.74, 6) is 0.712. The number of amides is 1. The Bertz CT molecular complexity index is 521. The zero-order valence-electron chi connectivity index (χ0n) is 9.60. The summed E-state index contributed by atoms with van der Waals surface area (Å²) in [5, 5.41) is 15.9. The summed E-state index contributed by atoms with van der Waals surface area (Å²) >= 11 is 0. The van der Waals surface area contributed by atoms with E-state index in [-0.39, 0.29) is 5.91 Å². The van der Waals surface area contributed by atoms with Gasteiger partial charge in [0.25, 0.3) is 0 Å². The third-order valence-electron chi connectivity index (χ3n) is 2.36. The van der Waals surface area contributed by atoms with Gasteiger partial charge in [-0.05, 0) is 0 Å². The van der Waals surface area contributed by atoms with Crippen LogP contribution in [0.2, 0.25) is 0 Å². The zero-order chi connectivity index (χ0) is 12.1. The van der Waals surface area contributed by atoms with Gasteiger partial charge in [-0.25, -0.2) is 0 Å². The third kappa shape index (κ3) is 2.90. The third-order valence-corrected chi connectivity index (χ3v) is 2.36. The van der Waals surface area contributed by atoms with E-state index in [1.54, 1.807) is 6.20 Å². The van der Waals surface area contributed by atoms with E-state index in [9.17, 15) is 4.79 Å². The van der Waals surface area contributed by atoms with Crippen molar-refractivity contribution in [2.45, 2.75) is 6.92 Å². The normalized spacial score (nSPS) is 10.2. The molecule has 2 aromatic rings. The van der Waals surface area contributed by atoms with Crippen LogP contribution in [0.5, 0.6) is 0 Å². The van der Waals surface area contributed by atoms with Gasteiger partial charge < -0.3 is 10.6 Å².